The number of aromatic carboxylic acids is 1. The Morgan fingerprint density at radius 1 is 1.53 bits per heavy atom. The number of benzene rings is 1. The van der Waals surface area contributed by atoms with Crippen molar-refractivity contribution in [1.82, 2.24) is 0 Å². The minimum absolute atomic E-state index is 0.0344. The van der Waals surface area contributed by atoms with E-state index in [1.165, 1.54) is 6.07 Å². The summed E-state index contributed by atoms with van der Waals surface area (Å²) in [5.41, 5.74) is -0.884. The molecule has 0 unspecified atom stereocenters. The highest BCUT2D eigenvalue weighted by Crippen LogP contribution is 2.24. The highest BCUT2D eigenvalue weighted by molar-refractivity contribution is 5.92. The average Bonchev–Trinajstić information content (AvgIpc) is 2.29. The van der Waals surface area contributed by atoms with Crippen LogP contribution in [0.5, 0.6) is 5.75 Å². The van der Waals surface area contributed by atoms with Gasteiger partial charge in [-0.25, -0.2) is 4.79 Å². The van der Waals surface area contributed by atoms with Crippen molar-refractivity contribution >= 4 is 11.7 Å². The van der Waals surface area contributed by atoms with Crippen LogP contribution in [0.3, 0.4) is 0 Å². The molecule has 0 atom stereocenters. The molecule has 0 aliphatic heterocycles. The van der Waals surface area contributed by atoms with Gasteiger partial charge < -0.3 is 14.6 Å². The quantitative estimate of drug-likeness (QED) is 0.352. The second-order valence-corrected chi connectivity index (χ2v) is 3.00. The Kier molecular flexibility index (Phi) is 4.41. The molecule has 0 fully saturated rings. The van der Waals surface area contributed by atoms with Crippen LogP contribution in [-0.2, 0) is 4.74 Å². The molecule has 1 rings (SSSR count). The molecule has 0 heterocycles. The Hall–Kier alpha value is -2.15. The second-order valence-electron chi connectivity index (χ2n) is 3.00. The van der Waals surface area contributed by atoms with E-state index in [4.69, 9.17) is 14.6 Å². The maximum atomic E-state index is 10.8. The molecular weight excluding hydrogens is 230 g/mol. The molecule has 0 aliphatic carbocycles. The topological polar surface area (TPSA) is 98.9 Å². The third-order valence-corrected chi connectivity index (χ3v) is 1.91. The minimum Gasteiger partial charge on any atom is -0.477 e. The molecule has 0 radical (unpaired) electrons. The van der Waals surface area contributed by atoms with Crippen LogP contribution in [0.25, 0.3) is 0 Å². The van der Waals surface area contributed by atoms with Gasteiger partial charge in [0, 0.05) is 18.7 Å². The normalized spacial score (nSPS) is 9.94. The predicted molar refractivity (Wildman–Crippen MR) is 57.2 cm³/mol. The van der Waals surface area contributed by atoms with Crippen molar-refractivity contribution in [2.24, 2.45) is 0 Å². The van der Waals surface area contributed by atoms with E-state index in [0.29, 0.717) is 6.61 Å². The summed E-state index contributed by atoms with van der Waals surface area (Å²) in [7, 11) is 0. The summed E-state index contributed by atoms with van der Waals surface area (Å²) in [6.45, 7) is 2.20. The van der Waals surface area contributed by atoms with Gasteiger partial charge in [-0.15, -0.1) is 0 Å². The zero-order valence-corrected chi connectivity index (χ0v) is 9.08. The van der Waals surface area contributed by atoms with Crippen LogP contribution in [-0.4, -0.2) is 29.4 Å². The molecule has 7 nitrogen and oxygen atoms in total. The predicted octanol–water partition coefficient (Wildman–Crippen LogP) is 1.67. The first-order valence-corrected chi connectivity index (χ1v) is 4.78. The lowest BCUT2D eigenvalue weighted by atomic mass is 10.2. The van der Waals surface area contributed by atoms with Crippen molar-refractivity contribution in [1.29, 1.82) is 0 Å². The van der Waals surface area contributed by atoms with E-state index in [1.807, 2.05) is 0 Å². The molecule has 0 saturated carbocycles. The summed E-state index contributed by atoms with van der Waals surface area (Å²) < 4.78 is 9.98. The molecule has 17 heavy (non-hydrogen) atoms. The molecule has 0 saturated heterocycles. The number of hydrogen-bond donors (Lipinski definition) is 1. The van der Waals surface area contributed by atoms with E-state index in [9.17, 15) is 14.9 Å². The number of nitrogens with zero attached hydrogens (tertiary/aromatic N) is 1. The van der Waals surface area contributed by atoms with E-state index < -0.39 is 22.1 Å². The van der Waals surface area contributed by atoms with Crippen molar-refractivity contribution in [3.8, 4) is 5.75 Å². The molecular formula is C10H11NO6. The number of carboxylic acids is 1. The van der Waals surface area contributed by atoms with E-state index in [-0.39, 0.29) is 12.5 Å². The Balaban J connectivity index is 2.94. The van der Waals surface area contributed by atoms with Gasteiger partial charge in [-0.1, -0.05) is 0 Å². The highest BCUT2D eigenvalue weighted by atomic mass is 16.7. The zero-order chi connectivity index (χ0) is 12.8. The third kappa shape index (κ3) is 3.42. The van der Waals surface area contributed by atoms with Gasteiger partial charge in [0.2, 0.25) is 0 Å². The highest BCUT2D eigenvalue weighted by Gasteiger charge is 2.20. The lowest BCUT2D eigenvalue weighted by Crippen LogP contribution is -2.06. The second kappa shape index (κ2) is 5.80. The number of carboxylic acid groups (broad SMARTS) is 1. The number of hydrogen-bond acceptors (Lipinski definition) is 5. The van der Waals surface area contributed by atoms with Gasteiger partial charge in [0.15, 0.2) is 6.79 Å². The fourth-order valence-electron chi connectivity index (χ4n) is 1.13. The lowest BCUT2D eigenvalue weighted by Gasteiger charge is -2.06. The zero-order valence-electron chi connectivity index (χ0n) is 9.08. The summed E-state index contributed by atoms with van der Waals surface area (Å²) in [4.78, 5) is 20.6. The van der Waals surface area contributed by atoms with Crippen molar-refractivity contribution in [3.05, 3.63) is 33.9 Å². The standard InChI is InChI=1S/C10H11NO6/c1-2-16-6-17-7-3-4-9(11(14)15)8(5-7)10(12)13/h3-5H,2,6H2,1H3,(H,12,13). The molecule has 1 aromatic rings. The molecule has 0 spiro atoms. The van der Waals surface area contributed by atoms with Crippen LogP contribution < -0.4 is 4.74 Å². The summed E-state index contributed by atoms with van der Waals surface area (Å²) in [6, 6.07) is 3.51. The molecule has 1 N–H and O–H groups in total. The molecule has 0 bridgehead atoms. The van der Waals surface area contributed by atoms with Gasteiger partial charge in [0.25, 0.3) is 5.69 Å². The fourth-order valence-corrected chi connectivity index (χ4v) is 1.13. The largest absolute Gasteiger partial charge is 0.477 e. The number of nitro benzene ring substituents is 1. The first-order chi connectivity index (χ1) is 8.06. The van der Waals surface area contributed by atoms with E-state index in [0.717, 1.165) is 12.1 Å². The molecule has 0 amide bonds. The fraction of sp³-hybridized carbons (Fsp3) is 0.300. The van der Waals surface area contributed by atoms with Crippen LogP contribution in [0, 0.1) is 10.1 Å². The van der Waals surface area contributed by atoms with Crippen LogP contribution >= 0.6 is 0 Å². The Labute approximate surface area is 96.7 Å². The van der Waals surface area contributed by atoms with Crippen LogP contribution in [0.4, 0.5) is 5.69 Å². The Bertz CT molecular complexity index is 431. The van der Waals surface area contributed by atoms with E-state index in [1.54, 1.807) is 6.92 Å². The van der Waals surface area contributed by atoms with Crippen molar-refractivity contribution in [3.63, 3.8) is 0 Å². The Morgan fingerprint density at radius 3 is 2.76 bits per heavy atom. The smallest absolute Gasteiger partial charge is 0.342 e. The van der Waals surface area contributed by atoms with Gasteiger partial charge in [0.05, 0.1) is 4.92 Å². The molecule has 1 aromatic carbocycles. The maximum absolute atomic E-state index is 10.8. The lowest BCUT2D eigenvalue weighted by molar-refractivity contribution is -0.385. The van der Waals surface area contributed by atoms with E-state index >= 15 is 0 Å². The van der Waals surface area contributed by atoms with Crippen LogP contribution in [0.2, 0.25) is 0 Å². The number of carbonyl (C=O) groups is 1. The number of rotatable bonds is 6. The SMILES string of the molecule is CCOCOc1ccc([N+](=O)[O-])c(C(=O)O)c1. The van der Waals surface area contributed by atoms with E-state index in [2.05, 4.69) is 0 Å². The Morgan fingerprint density at radius 2 is 2.24 bits per heavy atom. The van der Waals surface area contributed by atoms with Gasteiger partial charge in [-0.3, -0.25) is 10.1 Å². The average molecular weight is 241 g/mol. The van der Waals surface area contributed by atoms with Crippen molar-refractivity contribution in [2.45, 2.75) is 6.92 Å². The molecule has 0 aliphatic rings. The molecule has 0 aromatic heterocycles. The maximum Gasteiger partial charge on any atom is 0.342 e. The minimum atomic E-state index is -1.38. The van der Waals surface area contributed by atoms with Gasteiger partial charge in [0.1, 0.15) is 11.3 Å². The summed E-state index contributed by atoms with van der Waals surface area (Å²) in [6.07, 6.45) is 0. The summed E-state index contributed by atoms with van der Waals surface area (Å²) in [5, 5.41) is 19.4. The summed E-state index contributed by atoms with van der Waals surface area (Å²) in [5.74, 6) is -1.17. The third-order valence-electron chi connectivity index (χ3n) is 1.91. The van der Waals surface area contributed by atoms with Gasteiger partial charge >= 0.3 is 5.97 Å². The first kappa shape index (κ1) is 12.9. The first-order valence-electron chi connectivity index (χ1n) is 4.78. The molecule has 7 heteroatoms. The summed E-state index contributed by atoms with van der Waals surface area (Å²) >= 11 is 0. The van der Waals surface area contributed by atoms with Gasteiger partial charge in [-0.05, 0) is 13.0 Å². The number of ether oxygens (including phenoxy) is 2. The monoisotopic (exact) mass is 241 g/mol. The van der Waals surface area contributed by atoms with Crippen molar-refractivity contribution < 1.29 is 24.3 Å². The molecule has 92 valence electrons. The van der Waals surface area contributed by atoms with Crippen molar-refractivity contribution in [2.75, 3.05) is 13.4 Å². The van der Waals surface area contributed by atoms with Gasteiger partial charge in [-0.2, -0.15) is 0 Å². The number of nitro groups is 1. The van der Waals surface area contributed by atoms with Crippen LogP contribution in [0.15, 0.2) is 18.2 Å². The van der Waals surface area contributed by atoms with Crippen LogP contribution in [0.1, 0.15) is 17.3 Å².